The van der Waals surface area contributed by atoms with Crippen LogP contribution in [0.5, 0.6) is 0 Å². The number of esters is 1. The minimum atomic E-state index is -3.77. The highest BCUT2D eigenvalue weighted by Gasteiger charge is 2.37. The number of ether oxygens (including phenoxy) is 2. The zero-order chi connectivity index (χ0) is 24.9. The van der Waals surface area contributed by atoms with Gasteiger partial charge in [0.25, 0.3) is 5.91 Å². The molecule has 0 bridgehead atoms. The van der Waals surface area contributed by atoms with Gasteiger partial charge < -0.3 is 18.8 Å². The van der Waals surface area contributed by atoms with Gasteiger partial charge in [0.15, 0.2) is 0 Å². The number of furan rings is 1. The Hall–Kier alpha value is -2.92. The second kappa shape index (κ2) is 11.0. The summed E-state index contributed by atoms with van der Waals surface area (Å²) in [5.41, 5.74) is 0.758. The van der Waals surface area contributed by atoms with Crippen molar-refractivity contribution in [3.05, 3.63) is 69.8 Å². The van der Waals surface area contributed by atoms with Gasteiger partial charge in [0, 0.05) is 24.4 Å². The number of hydrogen-bond acceptors (Lipinski definition) is 7. The molecule has 11 heteroatoms. The van der Waals surface area contributed by atoms with Crippen LogP contribution in [0.25, 0.3) is 6.08 Å². The molecule has 1 aliphatic heterocycles. The predicted molar refractivity (Wildman–Crippen MR) is 125 cm³/mol. The van der Waals surface area contributed by atoms with Crippen LogP contribution in [-0.4, -0.2) is 52.1 Å². The third-order valence-electron chi connectivity index (χ3n) is 5.04. The van der Waals surface area contributed by atoms with Crippen molar-refractivity contribution in [1.29, 1.82) is 0 Å². The molecule has 0 atom stereocenters. The zero-order valence-electron chi connectivity index (χ0n) is 19.0. The van der Waals surface area contributed by atoms with Crippen molar-refractivity contribution in [3.8, 4) is 0 Å². The summed E-state index contributed by atoms with van der Waals surface area (Å²) in [5.74, 6) is -0.377. The van der Waals surface area contributed by atoms with Crippen LogP contribution in [0.2, 0.25) is 5.02 Å². The number of hydrogen-bond donors (Lipinski definition) is 1. The van der Waals surface area contributed by atoms with Crippen LogP contribution < -0.4 is 4.72 Å². The van der Waals surface area contributed by atoms with Gasteiger partial charge in [-0.1, -0.05) is 11.6 Å². The number of sulfonamides is 1. The molecule has 0 fully saturated rings. The Morgan fingerprint density at radius 3 is 2.56 bits per heavy atom. The third-order valence-corrected chi connectivity index (χ3v) is 6.71. The van der Waals surface area contributed by atoms with Gasteiger partial charge in [-0.2, -0.15) is 0 Å². The minimum Gasteiger partial charge on any atom is -0.462 e. The summed E-state index contributed by atoms with van der Waals surface area (Å²) < 4.78 is 43.2. The fourth-order valence-corrected chi connectivity index (χ4v) is 4.47. The first kappa shape index (κ1) is 25.7. The van der Waals surface area contributed by atoms with E-state index in [2.05, 4.69) is 4.72 Å². The first-order chi connectivity index (χ1) is 16.2. The lowest BCUT2D eigenvalue weighted by molar-refractivity contribution is -0.138. The normalized spacial score (nSPS) is 15.5. The molecule has 9 nitrogen and oxygen atoms in total. The topological polar surface area (TPSA) is 115 Å². The Labute approximate surface area is 203 Å². The quantitative estimate of drug-likeness (QED) is 0.387. The van der Waals surface area contributed by atoms with Crippen LogP contribution in [-0.2, 0) is 35.6 Å². The molecule has 0 saturated carbocycles. The van der Waals surface area contributed by atoms with E-state index >= 15 is 0 Å². The van der Waals surface area contributed by atoms with Gasteiger partial charge in [-0.15, -0.1) is 0 Å². The second-order valence-electron chi connectivity index (χ2n) is 7.27. The molecule has 3 rings (SSSR count). The Kier molecular flexibility index (Phi) is 8.32. The summed E-state index contributed by atoms with van der Waals surface area (Å²) in [6.45, 7) is 3.97. The van der Waals surface area contributed by atoms with Crippen molar-refractivity contribution < 1.29 is 31.9 Å². The summed E-state index contributed by atoms with van der Waals surface area (Å²) in [7, 11) is -2.25. The standard InChI is InChI=1S/C23H25ClN2O7S/c1-4-32-23(28)21-15(2)26(11-12-31-3)22(27)20(21)13-17-7-8-18(33-17)14-25-34(29,30)19-9-5-16(24)6-10-19/h5-10,13,25H,4,11-12,14H2,1-3H3. The second-order valence-corrected chi connectivity index (χ2v) is 9.47. The first-order valence-electron chi connectivity index (χ1n) is 10.4. The van der Waals surface area contributed by atoms with Crippen LogP contribution in [0.15, 0.2) is 62.6 Å². The molecule has 2 heterocycles. The number of nitrogens with zero attached hydrogens (tertiary/aromatic N) is 1. The van der Waals surface area contributed by atoms with E-state index in [1.165, 1.54) is 42.4 Å². The van der Waals surface area contributed by atoms with Crippen LogP contribution in [0.3, 0.4) is 0 Å². The highest BCUT2D eigenvalue weighted by Crippen LogP contribution is 2.32. The SMILES string of the molecule is CCOC(=O)C1=C(C)N(CCOC)C(=O)C1=Cc1ccc(CNS(=O)(=O)c2ccc(Cl)cc2)o1. The van der Waals surface area contributed by atoms with Crippen molar-refractivity contribution >= 4 is 39.6 Å². The molecule has 1 N–H and O–H groups in total. The molecule has 1 aliphatic rings. The Morgan fingerprint density at radius 1 is 1.21 bits per heavy atom. The fraction of sp³-hybridized carbons (Fsp3) is 0.304. The largest absolute Gasteiger partial charge is 0.462 e. The van der Waals surface area contributed by atoms with Gasteiger partial charge in [-0.3, -0.25) is 4.79 Å². The Morgan fingerprint density at radius 2 is 1.91 bits per heavy atom. The van der Waals surface area contributed by atoms with Crippen molar-refractivity contribution in [2.75, 3.05) is 26.9 Å². The first-order valence-corrected chi connectivity index (χ1v) is 12.3. The van der Waals surface area contributed by atoms with Gasteiger partial charge in [0.05, 0.1) is 35.8 Å². The van der Waals surface area contributed by atoms with E-state index < -0.39 is 16.0 Å². The van der Waals surface area contributed by atoms with E-state index in [-0.39, 0.29) is 47.4 Å². The van der Waals surface area contributed by atoms with Crippen LogP contribution >= 0.6 is 11.6 Å². The maximum absolute atomic E-state index is 13.0. The number of benzene rings is 1. The number of halogens is 1. The number of carbonyl (C=O) groups is 2. The maximum Gasteiger partial charge on any atom is 0.340 e. The van der Waals surface area contributed by atoms with Gasteiger partial charge >= 0.3 is 5.97 Å². The van der Waals surface area contributed by atoms with Gasteiger partial charge in [-0.25, -0.2) is 17.9 Å². The average Bonchev–Trinajstić information content (AvgIpc) is 3.34. The average molecular weight is 509 g/mol. The van der Waals surface area contributed by atoms with E-state index in [9.17, 15) is 18.0 Å². The van der Waals surface area contributed by atoms with Gasteiger partial charge in [-0.05, 0) is 56.3 Å². The molecule has 0 aliphatic carbocycles. The molecule has 0 unspecified atom stereocenters. The lowest BCUT2D eigenvalue weighted by Gasteiger charge is -2.16. The fourth-order valence-electron chi connectivity index (χ4n) is 3.35. The summed E-state index contributed by atoms with van der Waals surface area (Å²) >= 11 is 5.81. The lowest BCUT2D eigenvalue weighted by Crippen LogP contribution is -2.28. The van der Waals surface area contributed by atoms with E-state index in [0.717, 1.165) is 0 Å². The van der Waals surface area contributed by atoms with E-state index in [1.807, 2.05) is 0 Å². The maximum atomic E-state index is 13.0. The molecule has 1 aromatic carbocycles. The third kappa shape index (κ3) is 5.76. The van der Waals surface area contributed by atoms with Crippen LogP contribution in [0.4, 0.5) is 0 Å². The van der Waals surface area contributed by atoms with Gasteiger partial charge in [0.1, 0.15) is 11.5 Å². The van der Waals surface area contributed by atoms with E-state index in [0.29, 0.717) is 23.1 Å². The van der Waals surface area contributed by atoms with E-state index in [1.54, 1.807) is 26.0 Å². The molecule has 0 saturated heterocycles. The summed E-state index contributed by atoms with van der Waals surface area (Å²) in [4.78, 5) is 27.1. The summed E-state index contributed by atoms with van der Waals surface area (Å²) in [5, 5.41) is 0.427. The van der Waals surface area contributed by atoms with Crippen molar-refractivity contribution in [1.82, 2.24) is 9.62 Å². The number of amides is 1. The number of carbonyl (C=O) groups excluding carboxylic acids is 2. The lowest BCUT2D eigenvalue weighted by atomic mass is 10.1. The van der Waals surface area contributed by atoms with Crippen molar-refractivity contribution in [3.63, 3.8) is 0 Å². The monoisotopic (exact) mass is 508 g/mol. The van der Waals surface area contributed by atoms with E-state index in [4.69, 9.17) is 25.5 Å². The number of nitrogens with one attached hydrogen (secondary N) is 1. The Balaban J connectivity index is 1.81. The van der Waals surface area contributed by atoms with Crippen molar-refractivity contribution in [2.24, 2.45) is 0 Å². The van der Waals surface area contributed by atoms with Gasteiger partial charge in [0.2, 0.25) is 10.0 Å². The molecule has 2 aromatic rings. The zero-order valence-corrected chi connectivity index (χ0v) is 20.5. The van der Waals surface area contributed by atoms with Crippen LogP contribution in [0, 0.1) is 0 Å². The molecule has 0 spiro atoms. The molecular formula is C23H25ClN2O7S. The smallest absolute Gasteiger partial charge is 0.340 e. The molecule has 0 radical (unpaired) electrons. The molecule has 34 heavy (non-hydrogen) atoms. The molecular weight excluding hydrogens is 484 g/mol. The van der Waals surface area contributed by atoms with Crippen LogP contribution in [0.1, 0.15) is 25.4 Å². The molecule has 1 aromatic heterocycles. The summed E-state index contributed by atoms with van der Waals surface area (Å²) in [6.07, 6.45) is 1.45. The minimum absolute atomic E-state index is 0.0678. The Bertz CT molecular complexity index is 1230. The van der Waals surface area contributed by atoms with Crippen molar-refractivity contribution in [2.45, 2.75) is 25.3 Å². The number of rotatable bonds is 10. The molecule has 182 valence electrons. The predicted octanol–water partition coefficient (Wildman–Crippen LogP) is 3.12. The number of allylic oxidation sites excluding steroid dienone is 1. The highest BCUT2D eigenvalue weighted by molar-refractivity contribution is 7.89. The highest BCUT2D eigenvalue weighted by atomic mass is 35.5. The number of methoxy groups -OCH3 is 1. The summed E-state index contributed by atoms with van der Waals surface area (Å²) in [6, 6.07) is 8.93. The molecule has 1 amide bonds.